The summed E-state index contributed by atoms with van der Waals surface area (Å²) < 4.78 is 10.5. The van der Waals surface area contributed by atoms with Crippen molar-refractivity contribution in [3.8, 4) is 5.75 Å². The van der Waals surface area contributed by atoms with Crippen LogP contribution in [0.4, 0.5) is 5.95 Å². The third kappa shape index (κ3) is 3.28. The zero-order chi connectivity index (χ0) is 24.0. The normalized spacial score (nSPS) is 15.9. The fraction of sp³-hybridized carbons (Fsp3) is 0.0833. The molecule has 1 unspecified atom stereocenters. The minimum absolute atomic E-state index is 0.0316. The molecule has 0 spiro atoms. The summed E-state index contributed by atoms with van der Waals surface area (Å²) >= 11 is 0. The van der Waals surface area contributed by atoms with Crippen molar-refractivity contribution in [3.05, 3.63) is 89.1 Å². The van der Waals surface area contributed by atoms with E-state index in [2.05, 4.69) is 9.97 Å². The molecule has 2 aromatic heterocycles. The van der Waals surface area contributed by atoms with Crippen molar-refractivity contribution in [1.82, 2.24) is 9.97 Å². The summed E-state index contributed by atoms with van der Waals surface area (Å²) in [6.07, 6.45) is 1.32. The lowest BCUT2D eigenvalue weighted by atomic mass is 9.95. The number of imidazole rings is 1. The number of ketones is 1. The monoisotopic (exact) mass is 459 g/mol. The number of aliphatic hydroxyl groups is 1. The number of carbonyl (C=O) groups excluding carboxylic acids is 2. The first-order valence-electron chi connectivity index (χ1n) is 10.1. The predicted molar refractivity (Wildman–Crippen MR) is 119 cm³/mol. The van der Waals surface area contributed by atoms with Gasteiger partial charge in [0.15, 0.2) is 11.5 Å². The Morgan fingerprint density at radius 1 is 1.15 bits per heavy atom. The summed E-state index contributed by atoms with van der Waals surface area (Å²) in [6, 6.07) is 12.9. The molecule has 10 nitrogen and oxygen atoms in total. The van der Waals surface area contributed by atoms with Gasteiger partial charge in [-0.15, -0.1) is 0 Å². The number of carboxylic acids is 1. The molecular weight excluding hydrogens is 442 g/mol. The number of aromatic amines is 1. The van der Waals surface area contributed by atoms with Gasteiger partial charge in [0.2, 0.25) is 11.7 Å². The molecule has 10 heteroatoms. The third-order valence-electron chi connectivity index (χ3n) is 5.55. The smallest absolute Gasteiger partial charge is 0.335 e. The second-order valence-electron chi connectivity index (χ2n) is 7.52. The largest absolute Gasteiger partial charge is 0.503 e. The van der Waals surface area contributed by atoms with Gasteiger partial charge in [0.25, 0.3) is 5.91 Å². The molecule has 34 heavy (non-hydrogen) atoms. The van der Waals surface area contributed by atoms with Gasteiger partial charge in [-0.1, -0.05) is 12.1 Å². The van der Waals surface area contributed by atoms with Gasteiger partial charge in [0, 0.05) is 0 Å². The van der Waals surface area contributed by atoms with Crippen molar-refractivity contribution in [3.63, 3.8) is 0 Å². The molecule has 3 N–H and O–H groups in total. The molecule has 0 radical (unpaired) electrons. The number of aromatic carboxylic acids is 1. The van der Waals surface area contributed by atoms with Crippen LogP contribution in [0.25, 0.3) is 11.0 Å². The number of carbonyl (C=O) groups is 3. The lowest BCUT2D eigenvalue weighted by molar-refractivity contribution is -0.117. The molecule has 0 saturated heterocycles. The Labute approximate surface area is 191 Å². The molecule has 1 aliphatic rings. The van der Waals surface area contributed by atoms with E-state index in [0.717, 1.165) is 4.90 Å². The number of methoxy groups -OCH3 is 1. The molecule has 1 aliphatic heterocycles. The first kappa shape index (κ1) is 21.0. The van der Waals surface area contributed by atoms with Gasteiger partial charge in [-0.3, -0.25) is 14.5 Å². The number of anilines is 1. The van der Waals surface area contributed by atoms with Gasteiger partial charge >= 0.3 is 5.97 Å². The van der Waals surface area contributed by atoms with E-state index in [1.807, 2.05) is 0 Å². The number of furan rings is 1. The zero-order valence-corrected chi connectivity index (χ0v) is 17.7. The number of nitrogens with one attached hydrogen (secondary N) is 1. The van der Waals surface area contributed by atoms with E-state index >= 15 is 0 Å². The second kappa shape index (κ2) is 7.93. The number of hydrogen-bond donors (Lipinski definition) is 3. The van der Waals surface area contributed by atoms with Crippen LogP contribution in [-0.4, -0.2) is 45.0 Å². The van der Waals surface area contributed by atoms with Crippen molar-refractivity contribution < 1.29 is 33.8 Å². The van der Waals surface area contributed by atoms with Crippen LogP contribution in [0.1, 0.15) is 32.5 Å². The van der Waals surface area contributed by atoms with Crippen molar-refractivity contribution in [2.24, 2.45) is 0 Å². The zero-order valence-electron chi connectivity index (χ0n) is 17.7. The van der Waals surface area contributed by atoms with Crippen LogP contribution < -0.4 is 9.64 Å². The van der Waals surface area contributed by atoms with E-state index in [0.29, 0.717) is 22.3 Å². The summed E-state index contributed by atoms with van der Waals surface area (Å²) in [5, 5.41) is 20.1. The fourth-order valence-corrected chi connectivity index (χ4v) is 3.97. The maximum Gasteiger partial charge on any atom is 0.335 e. The number of ether oxygens (including phenoxy) is 1. The number of carboxylic acid groups (broad SMARTS) is 1. The highest BCUT2D eigenvalue weighted by Gasteiger charge is 2.46. The molecule has 4 aromatic rings. The van der Waals surface area contributed by atoms with Crippen LogP contribution in [0.2, 0.25) is 0 Å². The standard InChI is InChI=1S/C24H17N3O7/c1-33-14-5-2-4-12(10-14)19-18(20(28)17-6-3-9-34-17)21(29)22(30)27(19)24-25-15-8-7-13(23(31)32)11-16(15)26-24/h2-11,19,29H,1H3,(H,25,26)(H,31,32). The number of rotatable bonds is 6. The SMILES string of the molecule is COc1cccc(C2C(C(=O)c3ccco3)=C(O)C(=O)N2c2nc3ccc(C(=O)O)cc3[nH]2)c1. The summed E-state index contributed by atoms with van der Waals surface area (Å²) in [5.74, 6) is -2.88. The number of fused-ring (bicyclic) bond motifs is 1. The number of benzene rings is 2. The number of nitrogens with zero attached hydrogens (tertiary/aromatic N) is 2. The Morgan fingerprint density at radius 3 is 2.68 bits per heavy atom. The van der Waals surface area contributed by atoms with Crippen LogP contribution in [0.3, 0.4) is 0 Å². The minimum atomic E-state index is -1.12. The first-order valence-corrected chi connectivity index (χ1v) is 10.1. The van der Waals surface area contributed by atoms with Gasteiger partial charge in [0.1, 0.15) is 5.75 Å². The molecule has 170 valence electrons. The molecule has 1 atom stereocenters. The quantitative estimate of drug-likeness (QED) is 0.370. The van der Waals surface area contributed by atoms with Crippen molar-refractivity contribution in [1.29, 1.82) is 0 Å². The van der Waals surface area contributed by atoms with Gasteiger partial charge in [-0.05, 0) is 48.0 Å². The maximum absolute atomic E-state index is 13.3. The number of Topliss-reactive ketones (excluding diaryl/α,β-unsaturated/α-hetero) is 1. The van der Waals surface area contributed by atoms with E-state index in [1.54, 1.807) is 24.3 Å². The van der Waals surface area contributed by atoms with Crippen LogP contribution in [0.5, 0.6) is 5.75 Å². The predicted octanol–water partition coefficient (Wildman–Crippen LogP) is 3.65. The molecule has 0 bridgehead atoms. The Balaban J connectivity index is 1.68. The summed E-state index contributed by atoms with van der Waals surface area (Å²) in [4.78, 5) is 46.3. The summed E-state index contributed by atoms with van der Waals surface area (Å²) in [5.41, 5.74) is 1.12. The molecular formula is C24H17N3O7. The topological polar surface area (TPSA) is 146 Å². The average molecular weight is 459 g/mol. The van der Waals surface area contributed by atoms with Crippen LogP contribution in [-0.2, 0) is 4.79 Å². The summed E-state index contributed by atoms with van der Waals surface area (Å²) in [7, 11) is 1.48. The maximum atomic E-state index is 13.3. The molecule has 0 aliphatic carbocycles. The highest BCUT2D eigenvalue weighted by Crippen LogP contribution is 2.42. The van der Waals surface area contributed by atoms with Gasteiger partial charge in [0.05, 0.1) is 41.6 Å². The Hall–Kier alpha value is -4.86. The first-order chi connectivity index (χ1) is 16.4. The van der Waals surface area contributed by atoms with Gasteiger partial charge in [-0.2, -0.15) is 0 Å². The van der Waals surface area contributed by atoms with Crippen molar-refractivity contribution in [2.45, 2.75) is 6.04 Å². The van der Waals surface area contributed by atoms with E-state index < -0.39 is 29.5 Å². The summed E-state index contributed by atoms with van der Waals surface area (Å²) in [6.45, 7) is 0. The van der Waals surface area contributed by atoms with E-state index in [4.69, 9.17) is 9.15 Å². The number of amides is 1. The average Bonchev–Trinajstić information content (AvgIpc) is 3.57. The van der Waals surface area contributed by atoms with E-state index in [-0.39, 0.29) is 22.8 Å². The highest BCUT2D eigenvalue weighted by atomic mass is 16.5. The molecule has 0 saturated carbocycles. The Kier molecular flexibility index (Phi) is 4.90. The van der Waals surface area contributed by atoms with Crippen LogP contribution in [0, 0.1) is 0 Å². The second-order valence-corrected chi connectivity index (χ2v) is 7.52. The fourth-order valence-electron chi connectivity index (χ4n) is 3.97. The Morgan fingerprint density at radius 2 is 1.97 bits per heavy atom. The lowest BCUT2D eigenvalue weighted by Gasteiger charge is -2.24. The molecule has 0 fully saturated rings. The Bertz CT molecular complexity index is 1480. The number of aromatic nitrogens is 2. The van der Waals surface area contributed by atoms with Crippen LogP contribution >= 0.6 is 0 Å². The van der Waals surface area contributed by atoms with Crippen molar-refractivity contribution >= 4 is 34.6 Å². The molecule has 5 rings (SSSR count). The minimum Gasteiger partial charge on any atom is -0.503 e. The number of hydrogen-bond acceptors (Lipinski definition) is 7. The highest BCUT2D eigenvalue weighted by molar-refractivity contribution is 6.20. The van der Waals surface area contributed by atoms with Crippen molar-refractivity contribution in [2.75, 3.05) is 12.0 Å². The van der Waals surface area contributed by atoms with Gasteiger partial charge < -0.3 is 24.4 Å². The van der Waals surface area contributed by atoms with E-state index in [9.17, 15) is 24.6 Å². The van der Waals surface area contributed by atoms with Crippen LogP contribution in [0.15, 0.2) is 76.6 Å². The number of aliphatic hydroxyl groups excluding tert-OH is 1. The number of H-pyrrole nitrogens is 1. The van der Waals surface area contributed by atoms with Gasteiger partial charge in [-0.25, -0.2) is 9.78 Å². The third-order valence-corrected chi connectivity index (χ3v) is 5.55. The molecule has 2 aromatic carbocycles. The lowest BCUT2D eigenvalue weighted by Crippen LogP contribution is -2.32. The molecule has 3 heterocycles. The molecule has 1 amide bonds. The van der Waals surface area contributed by atoms with E-state index in [1.165, 1.54) is 43.7 Å².